The lowest BCUT2D eigenvalue weighted by atomic mass is 10.1. The van der Waals surface area contributed by atoms with Gasteiger partial charge in [0, 0.05) is 36.7 Å². The van der Waals surface area contributed by atoms with Gasteiger partial charge >= 0.3 is 6.18 Å². The number of hydrogen-bond donors (Lipinski definition) is 0. The predicted molar refractivity (Wildman–Crippen MR) is 164 cm³/mol. The van der Waals surface area contributed by atoms with Gasteiger partial charge in [-0.3, -0.25) is 4.79 Å². The van der Waals surface area contributed by atoms with Crippen molar-refractivity contribution in [1.29, 1.82) is 0 Å². The zero-order chi connectivity index (χ0) is 30.0. The zero-order valence-corrected chi connectivity index (χ0v) is 25.6. The molecule has 0 radical (unpaired) electrons. The van der Waals surface area contributed by atoms with Crippen LogP contribution in [0.2, 0.25) is 5.02 Å². The van der Waals surface area contributed by atoms with Crippen molar-refractivity contribution in [2.45, 2.75) is 12.8 Å². The zero-order valence-electron chi connectivity index (χ0n) is 21.6. The Kier molecular flexibility index (Phi) is 8.72. The first kappa shape index (κ1) is 29.8. The van der Waals surface area contributed by atoms with Gasteiger partial charge in [-0.05, 0) is 42.5 Å². The Balaban J connectivity index is 1.64. The molecular formula is C30H19Br2ClF3N3O3. The van der Waals surface area contributed by atoms with Crippen molar-refractivity contribution in [2.24, 2.45) is 5.10 Å². The smallest absolute Gasteiger partial charge is 0.416 e. The molecule has 0 aliphatic heterocycles. The molecule has 0 fully saturated rings. The summed E-state index contributed by atoms with van der Waals surface area (Å²) in [6, 6.07) is 19.9. The Morgan fingerprint density at radius 2 is 1.81 bits per heavy atom. The molecule has 214 valence electrons. The van der Waals surface area contributed by atoms with E-state index in [1.54, 1.807) is 36.4 Å². The molecule has 0 bridgehead atoms. The fourth-order valence-corrected chi connectivity index (χ4v) is 5.53. The number of benzene rings is 4. The Hall–Kier alpha value is -3.67. The van der Waals surface area contributed by atoms with Gasteiger partial charge in [0.05, 0.1) is 29.8 Å². The third-order valence-corrected chi connectivity index (χ3v) is 7.62. The van der Waals surface area contributed by atoms with E-state index in [4.69, 9.17) is 21.1 Å². The molecular weight excluding hydrogens is 703 g/mol. The molecule has 0 saturated carbocycles. The summed E-state index contributed by atoms with van der Waals surface area (Å²) < 4.78 is 54.8. The lowest BCUT2D eigenvalue weighted by molar-refractivity contribution is -0.137. The second kappa shape index (κ2) is 12.3. The van der Waals surface area contributed by atoms with Crippen LogP contribution >= 0.6 is 43.5 Å². The van der Waals surface area contributed by atoms with Gasteiger partial charge in [0.2, 0.25) is 0 Å². The van der Waals surface area contributed by atoms with E-state index >= 15 is 0 Å². The molecule has 0 aliphatic rings. The molecule has 0 spiro atoms. The van der Waals surface area contributed by atoms with Crippen molar-refractivity contribution in [2.75, 3.05) is 7.11 Å². The van der Waals surface area contributed by atoms with Crippen LogP contribution in [0.15, 0.2) is 97.7 Å². The highest BCUT2D eigenvalue weighted by molar-refractivity contribution is 9.11. The molecule has 42 heavy (non-hydrogen) atoms. The Bertz CT molecular complexity index is 1890. The number of aromatic nitrogens is 2. The Morgan fingerprint density at radius 1 is 1.02 bits per heavy atom. The number of methoxy groups -OCH3 is 1. The van der Waals surface area contributed by atoms with Crippen LogP contribution in [-0.2, 0) is 12.8 Å². The molecule has 1 aromatic heterocycles. The first-order valence-electron chi connectivity index (χ1n) is 12.2. The van der Waals surface area contributed by atoms with Gasteiger partial charge in [0.15, 0.2) is 17.3 Å². The number of alkyl halides is 3. The first-order valence-corrected chi connectivity index (χ1v) is 14.2. The van der Waals surface area contributed by atoms with Gasteiger partial charge < -0.3 is 9.47 Å². The quantitative estimate of drug-likeness (QED) is 0.158. The average molecular weight is 722 g/mol. The van der Waals surface area contributed by atoms with Gasteiger partial charge in [-0.15, -0.1) is 0 Å². The highest BCUT2D eigenvalue weighted by Crippen LogP contribution is 2.36. The largest absolute Gasteiger partial charge is 0.493 e. The second-order valence-electron chi connectivity index (χ2n) is 8.94. The molecule has 5 rings (SSSR count). The van der Waals surface area contributed by atoms with Crippen LogP contribution in [0.3, 0.4) is 0 Å². The molecule has 1 heterocycles. The number of ether oxygens (including phenoxy) is 2. The fourth-order valence-electron chi connectivity index (χ4n) is 4.15. The standard InChI is InChI=1S/C30H19Br2ClF3N3O3/c1-41-26-14-22(33)12-19(27(26)42-16-18-9-10-21(31)13-24(18)32)15-37-39-28(17-5-4-6-20(11-17)30(34,35)36)38-25-8-3-2-7-23(25)29(39)40/h2-15H,16H2,1H3. The summed E-state index contributed by atoms with van der Waals surface area (Å²) in [5, 5.41) is 4.94. The van der Waals surface area contributed by atoms with Gasteiger partial charge in [0.1, 0.15) is 6.61 Å². The number of nitrogens with zero attached hydrogens (tertiary/aromatic N) is 3. The van der Waals surface area contributed by atoms with E-state index in [9.17, 15) is 18.0 Å². The van der Waals surface area contributed by atoms with E-state index in [2.05, 4.69) is 41.9 Å². The third-order valence-electron chi connectivity index (χ3n) is 6.17. The monoisotopic (exact) mass is 719 g/mol. The highest BCUT2D eigenvalue weighted by Gasteiger charge is 2.31. The molecule has 0 atom stereocenters. The maximum Gasteiger partial charge on any atom is 0.416 e. The normalized spacial score (nSPS) is 11.8. The summed E-state index contributed by atoms with van der Waals surface area (Å²) in [6.07, 6.45) is -3.26. The predicted octanol–water partition coefficient (Wildman–Crippen LogP) is 8.73. The molecule has 0 amide bonds. The van der Waals surface area contributed by atoms with Crippen LogP contribution in [0, 0.1) is 0 Å². The molecule has 6 nitrogen and oxygen atoms in total. The average Bonchev–Trinajstić information content (AvgIpc) is 2.96. The van der Waals surface area contributed by atoms with E-state index in [-0.39, 0.29) is 23.4 Å². The minimum atomic E-state index is -4.59. The molecule has 0 saturated heterocycles. The van der Waals surface area contributed by atoms with Gasteiger partial charge in [-0.25, -0.2) is 4.98 Å². The number of hydrogen-bond acceptors (Lipinski definition) is 5. The number of fused-ring (bicyclic) bond motifs is 1. The molecule has 0 unspecified atom stereocenters. The molecule has 12 heteroatoms. The first-order chi connectivity index (χ1) is 20.0. The van der Waals surface area contributed by atoms with E-state index in [1.165, 1.54) is 25.5 Å². The fraction of sp³-hybridized carbons (Fsp3) is 0.100. The van der Waals surface area contributed by atoms with Gasteiger partial charge in [-0.1, -0.05) is 73.8 Å². The maximum absolute atomic E-state index is 13.6. The second-order valence-corrected chi connectivity index (χ2v) is 11.1. The Morgan fingerprint density at radius 3 is 2.55 bits per heavy atom. The van der Waals surface area contributed by atoms with Crippen LogP contribution in [0.5, 0.6) is 11.5 Å². The number of rotatable bonds is 7. The minimum Gasteiger partial charge on any atom is -0.493 e. The molecule has 5 aromatic rings. The van der Waals surface area contributed by atoms with Crippen molar-refractivity contribution in [1.82, 2.24) is 9.66 Å². The lowest BCUT2D eigenvalue weighted by Crippen LogP contribution is -2.20. The van der Waals surface area contributed by atoms with Crippen molar-refractivity contribution < 1.29 is 22.6 Å². The van der Waals surface area contributed by atoms with Crippen LogP contribution in [0.25, 0.3) is 22.3 Å². The summed E-state index contributed by atoms with van der Waals surface area (Å²) in [5.74, 6) is 0.540. The number of para-hydroxylation sites is 1. The Labute approximate surface area is 259 Å². The SMILES string of the molecule is COc1cc(Cl)cc(C=Nn2c(-c3cccc(C(F)(F)F)c3)nc3ccccc3c2=O)c1OCc1ccc(Br)cc1Br. The molecule has 0 N–H and O–H groups in total. The van der Waals surface area contributed by atoms with E-state index in [1.807, 2.05) is 18.2 Å². The van der Waals surface area contributed by atoms with E-state index < -0.39 is 17.3 Å². The highest BCUT2D eigenvalue weighted by atomic mass is 79.9. The van der Waals surface area contributed by atoms with Crippen molar-refractivity contribution >= 4 is 60.6 Å². The van der Waals surface area contributed by atoms with Crippen molar-refractivity contribution in [3.05, 3.63) is 120 Å². The van der Waals surface area contributed by atoms with Crippen molar-refractivity contribution in [3.8, 4) is 22.9 Å². The maximum atomic E-state index is 13.6. The van der Waals surface area contributed by atoms with Crippen LogP contribution in [0.4, 0.5) is 13.2 Å². The van der Waals surface area contributed by atoms with E-state index in [0.29, 0.717) is 27.6 Å². The molecule has 4 aromatic carbocycles. The summed E-state index contributed by atoms with van der Waals surface area (Å²) >= 11 is 13.3. The van der Waals surface area contributed by atoms with Crippen LogP contribution in [0.1, 0.15) is 16.7 Å². The van der Waals surface area contributed by atoms with Crippen LogP contribution in [-0.4, -0.2) is 23.0 Å². The van der Waals surface area contributed by atoms with Gasteiger partial charge in [0.25, 0.3) is 5.56 Å². The summed E-state index contributed by atoms with van der Waals surface area (Å²) in [7, 11) is 1.46. The lowest BCUT2D eigenvalue weighted by Gasteiger charge is -2.15. The van der Waals surface area contributed by atoms with E-state index in [0.717, 1.165) is 31.3 Å². The third kappa shape index (κ3) is 6.38. The molecule has 0 aliphatic carbocycles. The minimum absolute atomic E-state index is 0.0602. The number of halogens is 6. The summed E-state index contributed by atoms with van der Waals surface area (Å²) in [4.78, 5) is 18.1. The van der Waals surface area contributed by atoms with Gasteiger partial charge in [-0.2, -0.15) is 22.9 Å². The van der Waals surface area contributed by atoms with Crippen molar-refractivity contribution in [3.63, 3.8) is 0 Å². The summed E-state index contributed by atoms with van der Waals surface area (Å²) in [5.41, 5.74) is 0.134. The topological polar surface area (TPSA) is 65.7 Å². The summed E-state index contributed by atoms with van der Waals surface area (Å²) in [6.45, 7) is 0.152. The van der Waals surface area contributed by atoms with Crippen LogP contribution < -0.4 is 15.0 Å².